The summed E-state index contributed by atoms with van der Waals surface area (Å²) in [7, 11) is -3.65. The molecule has 0 aliphatic carbocycles. The molecule has 0 fully saturated rings. The molecule has 6 N–H and O–H groups in total. The van der Waals surface area contributed by atoms with Gasteiger partial charge in [-0.1, -0.05) is 0 Å². The number of hydrazine groups is 1. The minimum absolute atomic E-state index is 0.0543. The van der Waals surface area contributed by atoms with Crippen LogP contribution >= 0.6 is 0 Å². The molecule has 1 aromatic rings. The predicted octanol–water partition coefficient (Wildman–Crippen LogP) is -1.30. The van der Waals surface area contributed by atoms with Crippen molar-refractivity contribution in [2.45, 2.75) is 24.2 Å². The van der Waals surface area contributed by atoms with Crippen molar-refractivity contribution in [3.8, 4) is 0 Å². The minimum atomic E-state index is -3.65. The van der Waals surface area contributed by atoms with Gasteiger partial charge in [-0.05, 0) is 12.8 Å². The van der Waals surface area contributed by atoms with E-state index in [9.17, 15) is 13.2 Å². The Morgan fingerprint density at radius 2 is 1.89 bits per heavy atom. The third kappa shape index (κ3) is 5.16. The van der Waals surface area contributed by atoms with Crippen LogP contribution in [0.3, 0.4) is 0 Å². The van der Waals surface area contributed by atoms with E-state index < -0.39 is 15.9 Å². The van der Waals surface area contributed by atoms with Crippen LogP contribution in [0.1, 0.15) is 19.3 Å². The summed E-state index contributed by atoms with van der Waals surface area (Å²) >= 11 is 0. The SMILES string of the molecule is NNc1ncc(S(=O)(=O)NCCCCC(N)=O)cn1. The van der Waals surface area contributed by atoms with Gasteiger partial charge in [-0.3, -0.25) is 10.2 Å². The highest BCUT2D eigenvalue weighted by molar-refractivity contribution is 7.89. The molecule has 10 heteroatoms. The van der Waals surface area contributed by atoms with Gasteiger partial charge in [-0.25, -0.2) is 29.0 Å². The van der Waals surface area contributed by atoms with Gasteiger partial charge < -0.3 is 5.73 Å². The number of nitrogens with two attached hydrogens (primary N) is 2. The fourth-order valence-corrected chi connectivity index (χ4v) is 2.21. The van der Waals surface area contributed by atoms with E-state index in [-0.39, 0.29) is 23.8 Å². The topological polar surface area (TPSA) is 153 Å². The van der Waals surface area contributed by atoms with Gasteiger partial charge in [-0.2, -0.15) is 0 Å². The number of hydrogen-bond acceptors (Lipinski definition) is 7. The van der Waals surface area contributed by atoms with E-state index in [0.717, 1.165) is 12.4 Å². The molecule has 0 bridgehead atoms. The molecule has 0 saturated carbocycles. The zero-order valence-electron chi connectivity index (χ0n) is 10.2. The van der Waals surface area contributed by atoms with E-state index in [1.165, 1.54) is 0 Å². The Morgan fingerprint density at radius 1 is 1.26 bits per heavy atom. The number of nitrogens with one attached hydrogen (secondary N) is 2. The Balaban J connectivity index is 2.48. The fourth-order valence-electron chi connectivity index (χ4n) is 1.24. The van der Waals surface area contributed by atoms with Crippen LogP contribution in [-0.2, 0) is 14.8 Å². The number of primary amides is 1. The number of carbonyl (C=O) groups is 1. The molecule has 0 aliphatic heterocycles. The van der Waals surface area contributed by atoms with Crippen LogP contribution in [0.25, 0.3) is 0 Å². The van der Waals surface area contributed by atoms with E-state index in [4.69, 9.17) is 11.6 Å². The van der Waals surface area contributed by atoms with E-state index in [1.807, 2.05) is 0 Å². The monoisotopic (exact) mass is 288 g/mol. The number of nitrogens with zero attached hydrogens (tertiary/aromatic N) is 2. The molecule has 9 nitrogen and oxygen atoms in total. The number of aromatic nitrogens is 2. The summed E-state index contributed by atoms with van der Waals surface area (Å²) in [6, 6.07) is 0. The molecule has 19 heavy (non-hydrogen) atoms. The Morgan fingerprint density at radius 3 is 2.42 bits per heavy atom. The Bertz CT molecular complexity index is 515. The molecule has 1 amide bonds. The van der Waals surface area contributed by atoms with Crippen LogP contribution in [0.2, 0.25) is 0 Å². The molecule has 0 unspecified atom stereocenters. The van der Waals surface area contributed by atoms with Crippen molar-refractivity contribution in [1.82, 2.24) is 14.7 Å². The summed E-state index contributed by atoms with van der Waals surface area (Å²) < 4.78 is 26.0. The lowest BCUT2D eigenvalue weighted by Crippen LogP contribution is -2.25. The van der Waals surface area contributed by atoms with Gasteiger partial charge in [0.05, 0.1) is 12.4 Å². The van der Waals surface area contributed by atoms with Crippen molar-refractivity contribution in [3.63, 3.8) is 0 Å². The molecule has 0 radical (unpaired) electrons. The summed E-state index contributed by atoms with van der Waals surface area (Å²) in [6.07, 6.45) is 3.58. The molecule has 0 atom stereocenters. The van der Waals surface area contributed by atoms with Crippen LogP contribution in [0.4, 0.5) is 5.95 Å². The first kappa shape index (κ1) is 15.3. The molecule has 0 saturated heterocycles. The first-order valence-corrected chi connectivity index (χ1v) is 7.00. The molecular formula is C9H16N6O3S. The Kier molecular flexibility index (Phi) is 5.60. The zero-order valence-corrected chi connectivity index (χ0v) is 11.0. The summed E-state index contributed by atoms with van der Waals surface area (Å²) in [5.41, 5.74) is 7.16. The second-order valence-corrected chi connectivity index (χ2v) is 5.47. The highest BCUT2D eigenvalue weighted by atomic mass is 32.2. The van der Waals surface area contributed by atoms with Crippen LogP contribution < -0.4 is 21.7 Å². The van der Waals surface area contributed by atoms with E-state index in [1.54, 1.807) is 0 Å². The summed E-state index contributed by atoms with van der Waals surface area (Å²) in [5, 5.41) is 0. The highest BCUT2D eigenvalue weighted by Crippen LogP contribution is 2.06. The molecule has 1 rings (SSSR count). The Labute approximate surface area is 110 Å². The lowest BCUT2D eigenvalue weighted by Gasteiger charge is -2.06. The molecule has 1 heterocycles. The largest absolute Gasteiger partial charge is 0.370 e. The second kappa shape index (κ2) is 6.97. The minimum Gasteiger partial charge on any atom is -0.370 e. The normalized spacial score (nSPS) is 11.2. The number of anilines is 1. The first-order valence-electron chi connectivity index (χ1n) is 5.52. The first-order chi connectivity index (χ1) is 8.95. The number of sulfonamides is 1. The van der Waals surface area contributed by atoms with E-state index in [0.29, 0.717) is 12.8 Å². The third-order valence-electron chi connectivity index (χ3n) is 2.21. The van der Waals surface area contributed by atoms with Gasteiger partial charge in [0, 0.05) is 13.0 Å². The van der Waals surface area contributed by atoms with Gasteiger partial charge in [0.1, 0.15) is 4.90 Å². The molecule has 1 aromatic heterocycles. The summed E-state index contributed by atoms with van der Waals surface area (Å²) in [5.74, 6) is 4.79. The average molecular weight is 288 g/mol. The number of hydrogen-bond donors (Lipinski definition) is 4. The number of nitrogen functional groups attached to an aromatic ring is 1. The van der Waals surface area contributed by atoms with E-state index >= 15 is 0 Å². The maximum atomic E-state index is 11.8. The van der Waals surface area contributed by atoms with E-state index in [2.05, 4.69) is 20.1 Å². The third-order valence-corrected chi connectivity index (χ3v) is 3.63. The molecule has 0 spiro atoms. The molecule has 0 aliphatic rings. The van der Waals surface area contributed by atoms with Crippen molar-refractivity contribution in [2.75, 3.05) is 12.0 Å². The summed E-state index contributed by atoms with van der Waals surface area (Å²) in [4.78, 5) is 17.8. The van der Waals surface area contributed by atoms with Crippen molar-refractivity contribution in [3.05, 3.63) is 12.4 Å². The van der Waals surface area contributed by atoms with Gasteiger partial charge >= 0.3 is 0 Å². The van der Waals surface area contributed by atoms with Crippen LogP contribution in [0, 0.1) is 0 Å². The van der Waals surface area contributed by atoms with Crippen LogP contribution in [0.15, 0.2) is 17.3 Å². The quantitative estimate of drug-likeness (QED) is 0.263. The van der Waals surface area contributed by atoms with Gasteiger partial charge in [-0.15, -0.1) is 0 Å². The number of rotatable bonds is 8. The second-order valence-electron chi connectivity index (χ2n) is 3.71. The molecule has 0 aromatic carbocycles. The molecule has 106 valence electrons. The van der Waals surface area contributed by atoms with Gasteiger partial charge in [0.15, 0.2) is 0 Å². The summed E-state index contributed by atoms with van der Waals surface area (Å²) in [6.45, 7) is 0.215. The van der Waals surface area contributed by atoms with Gasteiger partial charge in [0.25, 0.3) is 0 Å². The fraction of sp³-hybridized carbons (Fsp3) is 0.444. The smallest absolute Gasteiger partial charge is 0.243 e. The average Bonchev–Trinajstić information content (AvgIpc) is 2.38. The number of amides is 1. The Hall–Kier alpha value is -1.78. The lowest BCUT2D eigenvalue weighted by molar-refractivity contribution is -0.118. The van der Waals surface area contributed by atoms with Crippen molar-refractivity contribution >= 4 is 21.9 Å². The van der Waals surface area contributed by atoms with Crippen molar-refractivity contribution in [1.29, 1.82) is 0 Å². The lowest BCUT2D eigenvalue weighted by atomic mass is 10.2. The van der Waals surface area contributed by atoms with Crippen LogP contribution in [0.5, 0.6) is 0 Å². The number of carbonyl (C=O) groups excluding carboxylic acids is 1. The highest BCUT2D eigenvalue weighted by Gasteiger charge is 2.14. The maximum Gasteiger partial charge on any atom is 0.243 e. The van der Waals surface area contributed by atoms with Crippen molar-refractivity contribution < 1.29 is 13.2 Å². The van der Waals surface area contributed by atoms with Crippen LogP contribution in [-0.4, -0.2) is 30.8 Å². The maximum absolute atomic E-state index is 11.8. The van der Waals surface area contributed by atoms with Crippen molar-refractivity contribution in [2.24, 2.45) is 11.6 Å². The van der Waals surface area contributed by atoms with Gasteiger partial charge in [0.2, 0.25) is 21.9 Å². The zero-order chi connectivity index (χ0) is 14.3. The number of unbranched alkanes of at least 4 members (excludes halogenated alkanes) is 1. The predicted molar refractivity (Wildman–Crippen MR) is 68.1 cm³/mol. The molecular weight excluding hydrogens is 272 g/mol. The standard InChI is InChI=1S/C9H16N6O3S/c10-8(16)3-1-2-4-14-19(17,18)7-5-12-9(15-11)13-6-7/h5-6,14H,1-4,11H2,(H2,10,16)(H,12,13,15).